The van der Waals surface area contributed by atoms with Crippen molar-refractivity contribution in [3.63, 3.8) is 0 Å². The predicted molar refractivity (Wildman–Crippen MR) is 128 cm³/mol. The third-order valence-corrected chi connectivity index (χ3v) is 5.97. The average Bonchev–Trinajstić information content (AvgIpc) is 3.25. The van der Waals surface area contributed by atoms with Gasteiger partial charge in [0.25, 0.3) is 5.91 Å². The molecule has 0 spiro atoms. The lowest BCUT2D eigenvalue weighted by Gasteiger charge is -2.09. The molecule has 0 aliphatic heterocycles. The molecule has 150 valence electrons. The van der Waals surface area contributed by atoms with Gasteiger partial charge in [0.15, 0.2) is 0 Å². The zero-order valence-electron chi connectivity index (χ0n) is 16.6. The second kappa shape index (κ2) is 8.46. The summed E-state index contributed by atoms with van der Waals surface area (Å²) < 4.78 is 7.04. The average molecular weight is 422 g/mol. The largest absolute Gasteiger partial charge is 0.457 e. The third kappa shape index (κ3) is 4.20. The molecule has 4 heteroatoms. The summed E-state index contributed by atoms with van der Waals surface area (Å²) in [7, 11) is 0. The smallest absolute Gasteiger partial charge is 0.255 e. The van der Waals surface area contributed by atoms with Crippen LogP contribution >= 0.6 is 11.3 Å². The van der Waals surface area contributed by atoms with Crippen LogP contribution in [0.4, 0.5) is 5.69 Å². The molecular formula is C27H19NO2S. The highest BCUT2D eigenvalue weighted by molar-refractivity contribution is 7.17. The normalized spacial score (nSPS) is 10.7. The first kappa shape index (κ1) is 19.1. The number of ether oxygens (including phenoxy) is 1. The summed E-state index contributed by atoms with van der Waals surface area (Å²) in [5.41, 5.74) is 3.53. The number of amides is 1. The van der Waals surface area contributed by atoms with Gasteiger partial charge >= 0.3 is 0 Å². The van der Waals surface area contributed by atoms with Gasteiger partial charge < -0.3 is 10.1 Å². The molecule has 0 aliphatic rings. The van der Waals surface area contributed by atoms with Crippen LogP contribution in [0.3, 0.4) is 0 Å². The lowest BCUT2D eigenvalue weighted by atomic mass is 10.0. The number of thiophene rings is 1. The van der Waals surface area contributed by atoms with Gasteiger partial charge in [-0.3, -0.25) is 4.79 Å². The van der Waals surface area contributed by atoms with E-state index >= 15 is 0 Å². The highest BCUT2D eigenvalue weighted by atomic mass is 32.1. The lowest BCUT2D eigenvalue weighted by molar-refractivity contribution is 0.102. The molecule has 0 atom stereocenters. The van der Waals surface area contributed by atoms with E-state index in [1.54, 1.807) is 11.3 Å². The molecule has 0 saturated heterocycles. The molecule has 5 rings (SSSR count). The number of fused-ring (bicyclic) bond motifs is 1. The Balaban J connectivity index is 1.32. The van der Waals surface area contributed by atoms with Crippen LogP contribution in [-0.4, -0.2) is 5.91 Å². The number of hydrogen-bond donors (Lipinski definition) is 1. The molecular weight excluding hydrogens is 402 g/mol. The highest BCUT2D eigenvalue weighted by Crippen LogP contribution is 2.34. The van der Waals surface area contributed by atoms with Crippen molar-refractivity contribution in [2.45, 2.75) is 0 Å². The number of rotatable bonds is 5. The molecule has 1 heterocycles. The third-order valence-electron chi connectivity index (χ3n) is 5.01. The maximum absolute atomic E-state index is 12.8. The monoisotopic (exact) mass is 421 g/mol. The number of para-hydroxylation sites is 1. The number of nitrogens with one attached hydrogen (secondary N) is 1. The summed E-state index contributed by atoms with van der Waals surface area (Å²) in [5, 5.41) is 6.32. The molecule has 0 bridgehead atoms. The van der Waals surface area contributed by atoms with E-state index in [4.69, 9.17) is 4.74 Å². The summed E-state index contributed by atoms with van der Waals surface area (Å²) in [4.78, 5) is 12.8. The van der Waals surface area contributed by atoms with Gasteiger partial charge in [0.1, 0.15) is 11.5 Å². The van der Waals surface area contributed by atoms with Crippen molar-refractivity contribution in [3.05, 3.63) is 114 Å². The fourth-order valence-electron chi connectivity index (χ4n) is 3.46. The summed E-state index contributed by atoms with van der Waals surface area (Å²) in [5.74, 6) is 1.35. The number of hydrogen-bond acceptors (Lipinski definition) is 3. The van der Waals surface area contributed by atoms with Crippen LogP contribution in [0, 0.1) is 0 Å². The van der Waals surface area contributed by atoms with Gasteiger partial charge in [-0.15, -0.1) is 11.3 Å². The molecule has 0 aliphatic carbocycles. The minimum Gasteiger partial charge on any atom is -0.457 e. The fourth-order valence-corrected chi connectivity index (χ4v) is 4.43. The lowest BCUT2D eigenvalue weighted by Crippen LogP contribution is -2.11. The van der Waals surface area contributed by atoms with Crippen LogP contribution in [0.5, 0.6) is 11.5 Å². The number of benzene rings is 4. The molecule has 1 amide bonds. The first-order valence-electron chi connectivity index (χ1n) is 9.97. The number of carbonyl (C=O) groups is 1. The quantitative estimate of drug-likeness (QED) is 0.317. The fraction of sp³-hybridized carbons (Fsp3) is 0. The number of anilines is 1. The Morgan fingerprint density at radius 3 is 2.32 bits per heavy atom. The minimum atomic E-state index is -0.141. The summed E-state index contributed by atoms with van der Waals surface area (Å²) in [6.45, 7) is 0. The van der Waals surface area contributed by atoms with Gasteiger partial charge in [0.2, 0.25) is 0 Å². The van der Waals surface area contributed by atoms with Crippen LogP contribution in [0.2, 0.25) is 0 Å². The van der Waals surface area contributed by atoms with E-state index in [1.165, 1.54) is 10.1 Å². The molecule has 0 radical (unpaired) electrons. The van der Waals surface area contributed by atoms with Gasteiger partial charge in [-0.2, -0.15) is 0 Å². The van der Waals surface area contributed by atoms with E-state index < -0.39 is 0 Å². The SMILES string of the molecule is O=C(Nc1ccc(Oc2ccccc2)cc1)c1cccc(-c2csc3ccccc23)c1. The Bertz CT molecular complexity index is 1340. The van der Waals surface area contributed by atoms with Gasteiger partial charge in [0.05, 0.1) is 0 Å². The van der Waals surface area contributed by atoms with Crippen LogP contribution in [-0.2, 0) is 0 Å². The van der Waals surface area contributed by atoms with Gasteiger partial charge in [0, 0.05) is 26.9 Å². The maximum Gasteiger partial charge on any atom is 0.255 e. The molecule has 0 saturated carbocycles. The van der Waals surface area contributed by atoms with E-state index in [2.05, 4.69) is 22.8 Å². The van der Waals surface area contributed by atoms with E-state index in [0.717, 1.165) is 28.3 Å². The predicted octanol–water partition coefficient (Wildman–Crippen LogP) is 7.61. The molecule has 0 fully saturated rings. The zero-order valence-corrected chi connectivity index (χ0v) is 17.4. The standard InChI is InChI=1S/C27H19NO2S/c29-27(28-21-13-15-23(16-14-21)30-22-9-2-1-3-10-22)20-8-6-7-19(17-20)25-18-31-26-12-5-4-11-24(25)26/h1-18H,(H,28,29). The highest BCUT2D eigenvalue weighted by Gasteiger charge is 2.11. The first-order valence-corrected chi connectivity index (χ1v) is 10.9. The summed E-state index contributed by atoms with van der Waals surface area (Å²) in [6, 6.07) is 33.0. The van der Waals surface area contributed by atoms with Crippen molar-refractivity contribution in [2.75, 3.05) is 5.32 Å². The number of carbonyl (C=O) groups excluding carboxylic acids is 1. The van der Waals surface area contributed by atoms with Crippen LogP contribution in [0.1, 0.15) is 10.4 Å². The summed E-state index contributed by atoms with van der Waals surface area (Å²) >= 11 is 1.72. The van der Waals surface area contributed by atoms with Crippen molar-refractivity contribution in [3.8, 4) is 22.6 Å². The Hall–Kier alpha value is -3.89. The Morgan fingerprint density at radius 1 is 0.742 bits per heavy atom. The zero-order chi connectivity index (χ0) is 21.0. The van der Waals surface area contributed by atoms with Gasteiger partial charge in [-0.25, -0.2) is 0 Å². The second-order valence-electron chi connectivity index (χ2n) is 7.12. The van der Waals surface area contributed by atoms with Crippen molar-refractivity contribution in [1.82, 2.24) is 0 Å². The molecule has 1 aromatic heterocycles. The van der Waals surface area contributed by atoms with Gasteiger partial charge in [-0.1, -0.05) is 48.5 Å². The van der Waals surface area contributed by atoms with Crippen molar-refractivity contribution in [2.24, 2.45) is 0 Å². The van der Waals surface area contributed by atoms with E-state index in [1.807, 2.05) is 91.0 Å². The van der Waals surface area contributed by atoms with E-state index in [0.29, 0.717) is 5.56 Å². The second-order valence-corrected chi connectivity index (χ2v) is 8.03. The van der Waals surface area contributed by atoms with Crippen molar-refractivity contribution >= 4 is 33.0 Å². The molecule has 3 nitrogen and oxygen atoms in total. The molecule has 0 unspecified atom stereocenters. The van der Waals surface area contributed by atoms with Crippen LogP contribution < -0.4 is 10.1 Å². The topological polar surface area (TPSA) is 38.3 Å². The van der Waals surface area contributed by atoms with Gasteiger partial charge in [-0.05, 0) is 65.5 Å². The van der Waals surface area contributed by atoms with Crippen LogP contribution in [0.25, 0.3) is 21.2 Å². The minimum absolute atomic E-state index is 0.141. The first-order chi connectivity index (χ1) is 15.3. The Morgan fingerprint density at radius 2 is 1.48 bits per heavy atom. The van der Waals surface area contributed by atoms with E-state index in [9.17, 15) is 4.79 Å². The maximum atomic E-state index is 12.8. The van der Waals surface area contributed by atoms with Crippen molar-refractivity contribution < 1.29 is 9.53 Å². The Labute approximate surface area is 184 Å². The van der Waals surface area contributed by atoms with Crippen LogP contribution in [0.15, 0.2) is 109 Å². The van der Waals surface area contributed by atoms with E-state index in [-0.39, 0.29) is 5.91 Å². The summed E-state index contributed by atoms with van der Waals surface area (Å²) in [6.07, 6.45) is 0. The molecule has 31 heavy (non-hydrogen) atoms. The van der Waals surface area contributed by atoms with Crippen molar-refractivity contribution in [1.29, 1.82) is 0 Å². The molecule has 5 aromatic rings. The molecule has 1 N–H and O–H groups in total. The molecule has 4 aromatic carbocycles. The Kier molecular flexibility index (Phi) is 5.21.